The molecule has 4 heteroatoms. The summed E-state index contributed by atoms with van der Waals surface area (Å²) in [7, 11) is 0. The molecular weight excluding hydrogens is 314 g/mol. The molecule has 3 aromatic rings. The van der Waals surface area contributed by atoms with Crippen LogP contribution in [0.3, 0.4) is 0 Å². The molecule has 2 aromatic carbocycles. The molecule has 0 aliphatic carbocycles. The van der Waals surface area contributed by atoms with Gasteiger partial charge >= 0.3 is 0 Å². The highest BCUT2D eigenvalue weighted by Crippen LogP contribution is 2.18. The minimum Gasteiger partial charge on any atom is -0.378 e. The number of nitrogens with one attached hydrogen (secondary N) is 1. The minimum atomic E-state index is 0.726. The third-order valence-electron chi connectivity index (χ3n) is 3.34. The van der Waals surface area contributed by atoms with Crippen LogP contribution in [0, 0.1) is 0 Å². The first-order valence-electron chi connectivity index (χ1n) is 6.71. The Morgan fingerprint density at radius 3 is 2.60 bits per heavy atom. The second kappa shape index (κ2) is 5.67. The fourth-order valence-corrected chi connectivity index (χ4v) is 2.63. The van der Waals surface area contributed by atoms with Gasteiger partial charge in [0.15, 0.2) is 0 Å². The first kappa shape index (κ1) is 13.2. The molecule has 0 atom stereocenters. The van der Waals surface area contributed by atoms with Crippen molar-refractivity contribution < 1.29 is 0 Å². The number of nitrogens with zero attached hydrogens (tertiary/aromatic N) is 2. The van der Waals surface area contributed by atoms with Crippen LogP contribution in [0.2, 0.25) is 0 Å². The molecule has 0 fully saturated rings. The van der Waals surface area contributed by atoms with Gasteiger partial charge in [-0.25, -0.2) is 4.98 Å². The number of anilines is 1. The zero-order chi connectivity index (χ0) is 13.9. The smallest absolute Gasteiger partial charge is 0.129 e. The van der Waals surface area contributed by atoms with Gasteiger partial charge in [-0.1, -0.05) is 28.1 Å². The van der Waals surface area contributed by atoms with Crippen LogP contribution in [0.25, 0.3) is 11.0 Å². The van der Waals surface area contributed by atoms with Crippen LogP contribution < -0.4 is 5.32 Å². The number of aromatic nitrogens is 2. The van der Waals surface area contributed by atoms with Crippen molar-refractivity contribution in [3.8, 4) is 0 Å². The molecule has 20 heavy (non-hydrogen) atoms. The highest BCUT2D eigenvalue weighted by atomic mass is 79.9. The van der Waals surface area contributed by atoms with Gasteiger partial charge < -0.3 is 9.88 Å². The van der Waals surface area contributed by atoms with E-state index in [2.05, 4.69) is 63.1 Å². The maximum Gasteiger partial charge on any atom is 0.129 e. The Kier molecular flexibility index (Phi) is 3.74. The number of fused-ring (bicyclic) bond motifs is 1. The molecule has 0 radical (unpaired) electrons. The molecular formula is C16H16BrN3. The van der Waals surface area contributed by atoms with Gasteiger partial charge in [0.2, 0.25) is 0 Å². The number of benzene rings is 2. The number of hydrogen-bond donors (Lipinski definition) is 1. The number of hydrogen-bond acceptors (Lipinski definition) is 2. The molecule has 1 aromatic heterocycles. The number of imidazole rings is 1. The number of halogens is 1. The van der Waals surface area contributed by atoms with Crippen molar-refractivity contribution in [1.29, 1.82) is 0 Å². The van der Waals surface area contributed by atoms with E-state index in [0.29, 0.717) is 0 Å². The van der Waals surface area contributed by atoms with E-state index in [1.807, 2.05) is 18.2 Å². The molecule has 0 saturated carbocycles. The van der Waals surface area contributed by atoms with Crippen LogP contribution in [-0.2, 0) is 13.1 Å². The lowest BCUT2D eigenvalue weighted by Gasteiger charge is -2.08. The van der Waals surface area contributed by atoms with E-state index in [0.717, 1.165) is 34.6 Å². The van der Waals surface area contributed by atoms with E-state index in [1.54, 1.807) is 0 Å². The fraction of sp³-hybridized carbons (Fsp3) is 0.188. The zero-order valence-corrected chi connectivity index (χ0v) is 12.9. The number of para-hydroxylation sites is 2. The van der Waals surface area contributed by atoms with Crippen molar-refractivity contribution in [2.75, 3.05) is 5.32 Å². The monoisotopic (exact) mass is 329 g/mol. The molecule has 0 aliphatic heterocycles. The van der Waals surface area contributed by atoms with Gasteiger partial charge in [-0.15, -0.1) is 0 Å². The average Bonchev–Trinajstić information content (AvgIpc) is 2.84. The van der Waals surface area contributed by atoms with Crippen molar-refractivity contribution in [3.05, 3.63) is 58.8 Å². The fourth-order valence-electron chi connectivity index (χ4n) is 2.36. The molecule has 0 saturated heterocycles. The van der Waals surface area contributed by atoms with E-state index < -0.39 is 0 Å². The third-order valence-corrected chi connectivity index (χ3v) is 3.87. The van der Waals surface area contributed by atoms with Crippen LogP contribution >= 0.6 is 15.9 Å². The molecule has 0 amide bonds. The van der Waals surface area contributed by atoms with Gasteiger partial charge in [0.1, 0.15) is 5.82 Å². The predicted octanol–water partition coefficient (Wildman–Crippen LogP) is 4.43. The van der Waals surface area contributed by atoms with E-state index in [1.165, 1.54) is 5.52 Å². The van der Waals surface area contributed by atoms with E-state index in [9.17, 15) is 0 Å². The van der Waals surface area contributed by atoms with Gasteiger partial charge in [-0.3, -0.25) is 0 Å². The second-order valence-electron chi connectivity index (χ2n) is 4.62. The first-order valence-corrected chi connectivity index (χ1v) is 7.51. The predicted molar refractivity (Wildman–Crippen MR) is 86.9 cm³/mol. The summed E-state index contributed by atoms with van der Waals surface area (Å²) in [5.74, 6) is 1.07. The molecule has 102 valence electrons. The summed E-state index contributed by atoms with van der Waals surface area (Å²) < 4.78 is 3.34. The molecule has 3 nitrogen and oxygen atoms in total. The summed E-state index contributed by atoms with van der Waals surface area (Å²) in [4.78, 5) is 4.71. The Bertz CT molecular complexity index is 716. The van der Waals surface area contributed by atoms with E-state index in [-0.39, 0.29) is 0 Å². The second-order valence-corrected chi connectivity index (χ2v) is 5.54. The summed E-state index contributed by atoms with van der Waals surface area (Å²) in [6, 6.07) is 16.4. The number of rotatable bonds is 4. The van der Waals surface area contributed by atoms with Crippen molar-refractivity contribution in [1.82, 2.24) is 9.55 Å². The normalized spacial score (nSPS) is 10.9. The molecule has 0 bridgehead atoms. The largest absolute Gasteiger partial charge is 0.378 e. The van der Waals surface area contributed by atoms with Crippen LogP contribution in [0.1, 0.15) is 12.7 Å². The average molecular weight is 330 g/mol. The van der Waals surface area contributed by atoms with E-state index in [4.69, 9.17) is 4.98 Å². The van der Waals surface area contributed by atoms with Crippen molar-refractivity contribution >= 4 is 32.7 Å². The molecule has 1 N–H and O–H groups in total. The highest BCUT2D eigenvalue weighted by Gasteiger charge is 2.08. The molecule has 1 heterocycles. The summed E-state index contributed by atoms with van der Waals surface area (Å²) >= 11 is 3.44. The first-order chi connectivity index (χ1) is 9.78. The van der Waals surface area contributed by atoms with Gasteiger partial charge in [-0.2, -0.15) is 0 Å². The van der Waals surface area contributed by atoms with Crippen molar-refractivity contribution in [2.45, 2.75) is 20.0 Å². The summed E-state index contributed by atoms with van der Waals surface area (Å²) in [5, 5.41) is 3.42. The maximum atomic E-state index is 4.71. The van der Waals surface area contributed by atoms with Crippen LogP contribution in [0.4, 0.5) is 5.69 Å². The van der Waals surface area contributed by atoms with Gasteiger partial charge in [0.25, 0.3) is 0 Å². The van der Waals surface area contributed by atoms with Crippen molar-refractivity contribution in [2.24, 2.45) is 0 Å². The Labute approximate surface area is 126 Å². The minimum absolute atomic E-state index is 0.726. The van der Waals surface area contributed by atoms with Gasteiger partial charge in [-0.05, 0) is 43.3 Å². The highest BCUT2D eigenvalue weighted by molar-refractivity contribution is 9.10. The van der Waals surface area contributed by atoms with Gasteiger partial charge in [0.05, 0.1) is 17.6 Å². The quantitative estimate of drug-likeness (QED) is 0.767. The van der Waals surface area contributed by atoms with E-state index >= 15 is 0 Å². The summed E-state index contributed by atoms with van der Waals surface area (Å²) in [6.45, 7) is 3.80. The standard InChI is InChI=1S/C16H16BrN3/c1-2-20-15-6-4-3-5-14(15)19-16(20)11-18-13-9-7-12(17)8-10-13/h3-10,18H,2,11H2,1H3. The molecule has 0 spiro atoms. The van der Waals surface area contributed by atoms with Gasteiger partial charge in [0, 0.05) is 16.7 Å². The van der Waals surface area contributed by atoms with Crippen LogP contribution in [0.15, 0.2) is 53.0 Å². The Hall–Kier alpha value is -1.81. The number of aryl methyl sites for hydroxylation is 1. The van der Waals surface area contributed by atoms with Crippen molar-refractivity contribution in [3.63, 3.8) is 0 Å². The Morgan fingerprint density at radius 2 is 1.85 bits per heavy atom. The summed E-state index contributed by atoms with van der Waals surface area (Å²) in [6.07, 6.45) is 0. The molecule has 3 rings (SSSR count). The van der Waals surface area contributed by atoms with Crippen LogP contribution in [-0.4, -0.2) is 9.55 Å². The summed E-state index contributed by atoms with van der Waals surface area (Å²) in [5.41, 5.74) is 3.35. The Morgan fingerprint density at radius 1 is 1.10 bits per heavy atom. The lowest BCUT2D eigenvalue weighted by Crippen LogP contribution is -2.07. The SMILES string of the molecule is CCn1c(CNc2ccc(Br)cc2)nc2ccccc21. The molecule has 0 unspecified atom stereocenters. The topological polar surface area (TPSA) is 29.9 Å². The lowest BCUT2D eigenvalue weighted by molar-refractivity contribution is 0.729. The lowest BCUT2D eigenvalue weighted by atomic mass is 10.3. The maximum absolute atomic E-state index is 4.71. The zero-order valence-electron chi connectivity index (χ0n) is 11.3. The Balaban J connectivity index is 1.85. The van der Waals surface area contributed by atoms with Crippen LogP contribution in [0.5, 0.6) is 0 Å². The molecule has 0 aliphatic rings. The third kappa shape index (κ3) is 2.56.